The molecule has 12 heteroatoms. The summed E-state index contributed by atoms with van der Waals surface area (Å²) in [6.07, 6.45) is -1.73. The first-order chi connectivity index (χ1) is 24.3. The van der Waals surface area contributed by atoms with E-state index in [2.05, 4.69) is 4.98 Å². The Labute approximate surface area is 295 Å². The highest BCUT2D eigenvalue weighted by molar-refractivity contribution is 5.90. The predicted octanol–water partition coefficient (Wildman–Crippen LogP) is 5.15. The fraction of sp³-hybridized carbons (Fsp3) is 0.436. The van der Waals surface area contributed by atoms with Crippen LogP contribution in [0.25, 0.3) is 0 Å². The normalized spacial score (nSPS) is 30.2. The van der Waals surface area contributed by atoms with Crippen LogP contribution in [-0.4, -0.2) is 77.1 Å². The first-order valence-electron chi connectivity index (χ1n) is 16.9. The molecule has 1 aromatic heterocycles. The zero-order chi connectivity index (χ0) is 36.6. The Morgan fingerprint density at radius 2 is 1.31 bits per heavy atom. The van der Waals surface area contributed by atoms with Crippen molar-refractivity contribution in [3.63, 3.8) is 0 Å². The Kier molecular flexibility index (Phi) is 9.73. The van der Waals surface area contributed by atoms with E-state index in [-0.39, 0.29) is 24.0 Å². The minimum Gasteiger partial charge on any atom is -0.465 e. The van der Waals surface area contributed by atoms with Crippen LogP contribution in [0.3, 0.4) is 0 Å². The third-order valence-electron chi connectivity index (χ3n) is 10.5. The van der Waals surface area contributed by atoms with Crippen LogP contribution in [0, 0.1) is 17.3 Å². The van der Waals surface area contributed by atoms with Crippen molar-refractivity contribution in [1.29, 1.82) is 0 Å². The number of pyridine rings is 1. The lowest BCUT2D eigenvalue weighted by molar-refractivity contribution is -0.315. The SMILES string of the molecule is CC(=O)OC[C@]12[C@@H](OC(=O)c3ccccc3)CC3[C@@H](OC(=O)c4ccccc4)C1(OC3(C)C)[C@H](C)C[C@@H](OC(=O)c1cccnc1)[C@@H]2OC(C)=O. The van der Waals surface area contributed by atoms with Gasteiger partial charge < -0.3 is 28.4 Å². The maximum Gasteiger partial charge on any atom is 0.340 e. The lowest BCUT2D eigenvalue weighted by Gasteiger charge is -2.63. The van der Waals surface area contributed by atoms with E-state index in [0.717, 1.165) is 0 Å². The van der Waals surface area contributed by atoms with Gasteiger partial charge in [-0.2, -0.15) is 0 Å². The zero-order valence-corrected chi connectivity index (χ0v) is 29.1. The van der Waals surface area contributed by atoms with Crippen LogP contribution in [-0.2, 0) is 38.0 Å². The van der Waals surface area contributed by atoms with Crippen LogP contribution in [0.2, 0.25) is 0 Å². The Bertz CT molecular complexity index is 1780. The molecule has 1 aliphatic heterocycles. The molecule has 1 spiro atoms. The lowest BCUT2D eigenvalue weighted by atomic mass is 9.47. The first kappa shape index (κ1) is 35.7. The van der Waals surface area contributed by atoms with Crippen molar-refractivity contribution in [2.45, 2.75) is 83.1 Å². The summed E-state index contributed by atoms with van der Waals surface area (Å²) in [5.41, 5.74) is -3.64. The first-order valence-corrected chi connectivity index (χ1v) is 16.9. The van der Waals surface area contributed by atoms with E-state index in [1.807, 2.05) is 20.8 Å². The lowest BCUT2D eigenvalue weighted by Crippen LogP contribution is -2.78. The second kappa shape index (κ2) is 13.9. The molecule has 3 fully saturated rings. The molecule has 12 nitrogen and oxygen atoms in total. The van der Waals surface area contributed by atoms with Gasteiger partial charge in [-0.05, 0) is 69.0 Å². The molecule has 2 saturated carbocycles. The summed E-state index contributed by atoms with van der Waals surface area (Å²) in [5.74, 6) is -4.61. The largest absolute Gasteiger partial charge is 0.465 e. The molecular weight excluding hydrogens is 658 g/mol. The van der Waals surface area contributed by atoms with Gasteiger partial charge in [0, 0.05) is 32.2 Å². The predicted molar refractivity (Wildman–Crippen MR) is 179 cm³/mol. The number of esters is 5. The van der Waals surface area contributed by atoms with Gasteiger partial charge in [-0.15, -0.1) is 0 Å². The molecule has 268 valence electrons. The highest BCUT2D eigenvalue weighted by Gasteiger charge is 2.83. The van der Waals surface area contributed by atoms with Crippen LogP contribution >= 0.6 is 0 Å². The Balaban J connectivity index is 1.56. The molecule has 2 aliphatic carbocycles. The molecule has 2 heterocycles. The highest BCUT2D eigenvalue weighted by atomic mass is 16.6. The second-order valence-electron chi connectivity index (χ2n) is 14.0. The van der Waals surface area contributed by atoms with Crippen LogP contribution in [0.15, 0.2) is 85.2 Å². The highest BCUT2D eigenvalue weighted by Crippen LogP contribution is 2.68. The minimum absolute atomic E-state index is 0.0507. The zero-order valence-electron chi connectivity index (χ0n) is 29.1. The van der Waals surface area contributed by atoms with Crippen molar-refractivity contribution < 1.29 is 52.4 Å². The number of carbonyl (C=O) groups excluding carboxylic acids is 5. The number of benzene rings is 2. The number of aromatic nitrogens is 1. The van der Waals surface area contributed by atoms with Crippen molar-refractivity contribution in [1.82, 2.24) is 4.98 Å². The van der Waals surface area contributed by atoms with Crippen LogP contribution < -0.4 is 0 Å². The van der Waals surface area contributed by atoms with Crippen molar-refractivity contribution in [2.75, 3.05) is 6.61 Å². The van der Waals surface area contributed by atoms with Crippen molar-refractivity contribution >= 4 is 29.8 Å². The maximum atomic E-state index is 13.9. The molecule has 2 unspecified atom stereocenters. The van der Waals surface area contributed by atoms with Gasteiger partial charge in [0.05, 0.1) is 22.3 Å². The van der Waals surface area contributed by atoms with E-state index in [9.17, 15) is 24.0 Å². The number of fused-ring (bicyclic) bond motifs is 1. The fourth-order valence-corrected chi connectivity index (χ4v) is 8.44. The van der Waals surface area contributed by atoms with E-state index >= 15 is 0 Å². The molecular formula is C39H41NO11. The minimum atomic E-state index is -1.77. The summed E-state index contributed by atoms with van der Waals surface area (Å²) >= 11 is 0. The number of ether oxygens (including phenoxy) is 6. The summed E-state index contributed by atoms with van der Waals surface area (Å²) in [6, 6.07) is 20.0. The van der Waals surface area contributed by atoms with E-state index in [4.69, 9.17) is 28.4 Å². The van der Waals surface area contributed by atoms with Gasteiger partial charge in [-0.3, -0.25) is 14.6 Å². The van der Waals surface area contributed by atoms with Gasteiger partial charge in [0.1, 0.15) is 35.9 Å². The van der Waals surface area contributed by atoms with Gasteiger partial charge in [0.2, 0.25) is 0 Å². The summed E-state index contributed by atoms with van der Waals surface area (Å²) in [4.78, 5) is 71.1. The van der Waals surface area contributed by atoms with Gasteiger partial charge >= 0.3 is 29.8 Å². The molecule has 6 rings (SSSR count). The van der Waals surface area contributed by atoms with E-state index in [1.165, 1.54) is 32.3 Å². The van der Waals surface area contributed by atoms with Crippen LogP contribution in [0.1, 0.15) is 78.5 Å². The number of carbonyl (C=O) groups is 5. The summed E-state index contributed by atoms with van der Waals surface area (Å²) in [6.45, 7) is 7.49. The standard InChI is InChI=1S/C39H41NO11/c1-23-19-30(48-36(45)28-17-12-18-40-21-28)33(47-25(3)42)38(22-46-24(2)41)31(49-34(43)26-13-8-6-9-14-26)20-29-32(39(23,38)51-37(29,4)5)50-35(44)27-15-10-7-11-16-27/h6-18,21,23,29-33H,19-20,22H2,1-5H3/t23-,29?,30-,31+,32-,33+,38-,39?/m1/s1. The third-order valence-corrected chi connectivity index (χ3v) is 10.5. The molecule has 0 amide bonds. The fourth-order valence-electron chi connectivity index (χ4n) is 8.44. The monoisotopic (exact) mass is 699 g/mol. The van der Waals surface area contributed by atoms with Gasteiger partial charge in [-0.1, -0.05) is 43.3 Å². The average Bonchev–Trinajstić information content (AvgIpc) is 3.28. The Morgan fingerprint density at radius 3 is 1.88 bits per heavy atom. The molecule has 3 aromatic rings. The van der Waals surface area contributed by atoms with Gasteiger partial charge in [0.15, 0.2) is 6.10 Å². The van der Waals surface area contributed by atoms with Crippen LogP contribution in [0.4, 0.5) is 0 Å². The molecule has 3 aliphatic rings. The summed E-state index contributed by atoms with van der Waals surface area (Å²) in [7, 11) is 0. The maximum absolute atomic E-state index is 13.9. The number of rotatable bonds is 9. The van der Waals surface area contributed by atoms with Crippen molar-refractivity contribution in [3.8, 4) is 0 Å². The van der Waals surface area contributed by atoms with E-state index in [1.54, 1.807) is 66.7 Å². The molecule has 8 atom stereocenters. The van der Waals surface area contributed by atoms with E-state index < -0.39 is 89.3 Å². The average molecular weight is 700 g/mol. The summed E-state index contributed by atoms with van der Waals surface area (Å²) < 4.78 is 38.0. The van der Waals surface area contributed by atoms with Crippen molar-refractivity contribution in [2.24, 2.45) is 17.3 Å². The van der Waals surface area contributed by atoms with Gasteiger partial charge in [-0.25, -0.2) is 14.4 Å². The smallest absolute Gasteiger partial charge is 0.340 e. The molecule has 2 bridgehead atoms. The second-order valence-corrected chi connectivity index (χ2v) is 14.0. The Hall–Kier alpha value is -5.10. The van der Waals surface area contributed by atoms with Gasteiger partial charge in [0.25, 0.3) is 0 Å². The van der Waals surface area contributed by atoms with E-state index in [0.29, 0.717) is 5.56 Å². The Morgan fingerprint density at radius 1 is 0.725 bits per heavy atom. The topological polar surface area (TPSA) is 154 Å². The molecule has 0 radical (unpaired) electrons. The molecule has 2 aromatic carbocycles. The van der Waals surface area contributed by atoms with Crippen molar-refractivity contribution in [3.05, 3.63) is 102 Å². The molecule has 1 saturated heterocycles. The molecule has 0 N–H and O–H groups in total. The van der Waals surface area contributed by atoms with Crippen LogP contribution in [0.5, 0.6) is 0 Å². The number of nitrogens with zero attached hydrogens (tertiary/aromatic N) is 1. The molecule has 51 heavy (non-hydrogen) atoms. The summed E-state index contributed by atoms with van der Waals surface area (Å²) in [5, 5.41) is 0. The quantitative estimate of drug-likeness (QED) is 0.215. The number of hydrogen-bond donors (Lipinski definition) is 0. The third kappa shape index (κ3) is 6.37. The number of hydrogen-bond acceptors (Lipinski definition) is 12.